The average molecular weight is 266 g/mol. The van der Waals surface area contributed by atoms with Gasteiger partial charge in [-0.3, -0.25) is 4.79 Å². The van der Waals surface area contributed by atoms with Crippen molar-refractivity contribution in [1.29, 1.82) is 0 Å². The van der Waals surface area contributed by atoms with Crippen LogP contribution in [-0.4, -0.2) is 24.7 Å². The van der Waals surface area contributed by atoms with Crippen LogP contribution in [0.3, 0.4) is 0 Å². The molecular weight excluding hydrogens is 245 g/mol. The van der Waals surface area contributed by atoms with E-state index in [1.54, 1.807) is 6.92 Å². The highest BCUT2D eigenvalue weighted by Gasteiger charge is 2.33. The molecule has 0 radical (unpaired) electrons. The molecule has 0 spiro atoms. The van der Waals surface area contributed by atoms with Gasteiger partial charge < -0.3 is 4.74 Å². The van der Waals surface area contributed by atoms with Gasteiger partial charge >= 0.3 is 6.18 Å². The van der Waals surface area contributed by atoms with Gasteiger partial charge in [-0.2, -0.15) is 13.2 Å². The normalized spacial score (nSPS) is 19.8. The van der Waals surface area contributed by atoms with E-state index in [4.69, 9.17) is 4.74 Å². The lowest BCUT2D eigenvalue weighted by Crippen LogP contribution is -2.34. The molecule has 106 valence electrons. The Morgan fingerprint density at radius 3 is 2.39 bits per heavy atom. The fraction of sp³-hybridized carbons (Fsp3) is 0.923. The standard InChI is InChI=1S/C13H21F3O2/c1-2-18-12(10-6-4-3-5-7-10)11(17)8-9-13(14,15)16/h10,12H,2-9H2,1H3. The number of rotatable bonds is 6. The summed E-state index contributed by atoms with van der Waals surface area (Å²) in [7, 11) is 0. The highest BCUT2D eigenvalue weighted by molar-refractivity contribution is 5.83. The molecule has 1 aliphatic carbocycles. The third-order valence-electron chi connectivity index (χ3n) is 3.40. The maximum Gasteiger partial charge on any atom is 0.389 e. The summed E-state index contributed by atoms with van der Waals surface area (Å²) < 4.78 is 41.7. The van der Waals surface area contributed by atoms with E-state index in [1.807, 2.05) is 0 Å². The Bertz CT molecular complexity index is 257. The lowest BCUT2D eigenvalue weighted by molar-refractivity contribution is -0.150. The van der Waals surface area contributed by atoms with Crippen molar-refractivity contribution < 1.29 is 22.7 Å². The molecule has 5 heteroatoms. The average Bonchev–Trinajstić information content (AvgIpc) is 2.33. The van der Waals surface area contributed by atoms with E-state index in [0.717, 1.165) is 32.1 Å². The van der Waals surface area contributed by atoms with Gasteiger partial charge in [0, 0.05) is 13.0 Å². The Balaban J connectivity index is 2.51. The Hall–Kier alpha value is -0.580. The van der Waals surface area contributed by atoms with Gasteiger partial charge in [0.1, 0.15) is 6.10 Å². The van der Waals surface area contributed by atoms with Crippen LogP contribution in [-0.2, 0) is 9.53 Å². The van der Waals surface area contributed by atoms with Crippen LogP contribution in [0.4, 0.5) is 13.2 Å². The molecule has 0 aromatic rings. The number of hydrogen-bond acceptors (Lipinski definition) is 2. The molecule has 0 aromatic carbocycles. The van der Waals surface area contributed by atoms with E-state index in [9.17, 15) is 18.0 Å². The predicted octanol–water partition coefficient (Wildman–Crippen LogP) is 3.88. The first-order valence-corrected chi connectivity index (χ1v) is 6.65. The van der Waals surface area contributed by atoms with Crippen LogP contribution in [0.5, 0.6) is 0 Å². The van der Waals surface area contributed by atoms with Gasteiger partial charge in [0.25, 0.3) is 0 Å². The number of alkyl halides is 3. The first-order valence-electron chi connectivity index (χ1n) is 6.65. The van der Waals surface area contributed by atoms with Gasteiger partial charge in [-0.1, -0.05) is 19.3 Å². The van der Waals surface area contributed by atoms with Crippen molar-refractivity contribution in [3.63, 3.8) is 0 Å². The lowest BCUT2D eigenvalue weighted by atomic mass is 9.83. The lowest BCUT2D eigenvalue weighted by Gasteiger charge is -2.29. The smallest absolute Gasteiger partial charge is 0.370 e. The summed E-state index contributed by atoms with van der Waals surface area (Å²) in [6, 6.07) is 0. The largest absolute Gasteiger partial charge is 0.389 e. The summed E-state index contributed by atoms with van der Waals surface area (Å²) in [5, 5.41) is 0. The zero-order chi connectivity index (χ0) is 13.6. The zero-order valence-corrected chi connectivity index (χ0v) is 10.8. The number of halogens is 3. The summed E-state index contributed by atoms with van der Waals surface area (Å²) >= 11 is 0. The Morgan fingerprint density at radius 1 is 1.28 bits per heavy atom. The quantitative estimate of drug-likeness (QED) is 0.729. The van der Waals surface area contributed by atoms with E-state index in [1.165, 1.54) is 0 Å². The van der Waals surface area contributed by atoms with Crippen molar-refractivity contribution >= 4 is 5.78 Å². The third-order valence-corrected chi connectivity index (χ3v) is 3.40. The molecule has 2 nitrogen and oxygen atoms in total. The highest BCUT2D eigenvalue weighted by atomic mass is 19.4. The van der Waals surface area contributed by atoms with Crippen molar-refractivity contribution in [2.75, 3.05) is 6.61 Å². The fourth-order valence-corrected chi connectivity index (χ4v) is 2.52. The summed E-state index contributed by atoms with van der Waals surface area (Å²) in [4.78, 5) is 11.9. The Labute approximate surface area is 106 Å². The summed E-state index contributed by atoms with van der Waals surface area (Å²) in [5.74, 6) is -0.277. The van der Waals surface area contributed by atoms with Crippen molar-refractivity contribution in [1.82, 2.24) is 0 Å². The van der Waals surface area contributed by atoms with Gasteiger partial charge in [0.2, 0.25) is 0 Å². The Kier molecular flexibility index (Phi) is 6.12. The molecule has 1 saturated carbocycles. The van der Waals surface area contributed by atoms with Crippen molar-refractivity contribution in [3.05, 3.63) is 0 Å². The van der Waals surface area contributed by atoms with Gasteiger partial charge in [-0.15, -0.1) is 0 Å². The van der Waals surface area contributed by atoms with Crippen LogP contribution < -0.4 is 0 Å². The molecule has 0 aromatic heterocycles. The molecule has 1 aliphatic rings. The third kappa shape index (κ3) is 5.38. The molecule has 0 saturated heterocycles. The number of carbonyl (C=O) groups excluding carboxylic acids is 1. The van der Waals surface area contributed by atoms with Gasteiger partial charge in [0.05, 0.1) is 6.42 Å². The van der Waals surface area contributed by atoms with E-state index in [0.29, 0.717) is 6.61 Å². The maximum atomic E-state index is 12.1. The first kappa shape index (κ1) is 15.5. The summed E-state index contributed by atoms with van der Waals surface area (Å²) in [6.07, 6.45) is -1.37. The number of ether oxygens (including phenoxy) is 1. The maximum absolute atomic E-state index is 12.1. The number of ketones is 1. The van der Waals surface area contributed by atoms with Crippen LogP contribution in [0.2, 0.25) is 0 Å². The van der Waals surface area contributed by atoms with Gasteiger partial charge in [0.15, 0.2) is 5.78 Å². The molecule has 1 unspecified atom stereocenters. The van der Waals surface area contributed by atoms with Crippen molar-refractivity contribution in [3.8, 4) is 0 Å². The van der Waals surface area contributed by atoms with Crippen molar-refractivity contribution in [2.24, 2.45) is 5.92 Å². The van der Waals surface area contributed by atoms with Gasteiger partial charge in [-0.05, 0) is 25.7 Å². The van der Waals surface area contributed by atoms with Crippen LogP contribution >= 0.6 is 0 Å². The van der Waals surface area contributed by atoms with E-state index in [-0.39, 0.29) is 11.7 Å². The van der Waals surface area contributed by atoms with E-state index in [2.05, 4.69) is 0 Å². The van der Waals surface area contributed by atoms with Gasteiger partial charge in [-0.25, -0.2) is 0 Å². The molecule has 0 aliphatic heterocycles. The number of Topliss-reactive ketones (excluding diaryl/α,β-unsaturated/α-hetero) is 1. The van der Waals surface area contributed by atoms with Crippen LogP contribution in [0.1, 0.15) is 51.9 Å². The number of hydrogen-bond donors (Lipinski definition) is 0. The summed E-state index contributed by atoms with van der Waals surface area (Å²) in [6.45, 7) is 2.14. The molecule has 1 rings (SSSR count). The highest BCUT2D eigenvalue weighted by Crippen LogP contribution is 2.30. The minimum Gasteiger partial charge on any atom is -0.370 e. The predicted molar refractivity (Wildman–Crippen MR) is 62.3 cm³/mol. The molecule has 1 fully saturated rings. The van der Waals surface area contributed by atoms with E-state index < -0.39 is 25.1 Å². The first-order chi connectivity index (χ1) is 8.44. The zero-order valence-electron chi connectivity index (χ0n) is 10.8. The minimum atomic E-state index is -4.26. The topological polar surface area (TPSA) is 26.3 Å². The second-order valence-electron chi connectivity index (χ2n) is 4.86. The molecule has 0 amide bonds. The van der Waals surface area contributed by atoms with E-state index >= 15 is 0 Å². The van der Waals surface area contributed by atoms with Crippen molar-refractivity contribution in [2.45, 2.75) is 64.1 Å². The second-order valence-corrected chi connectivity index (χ2v) is 4.86. The fourth-order valence-electron chi connectivity index (χ4n) is 2.52. The van der Waals surface area contributed by atoms with Crippen LogP contribution in [0.25, 0.3) is 0 Å². The molecule has 0 N–H and O–H groups in total. The molecule has 0 bridgehead atoms. The monoisotopic (exact) mass is 266 g/mol. The van der Waals surface area contributed by atoms with Crippen LogP contribution in [0.15, 0.2) is 0 Å². The summed E-state index contributed by atoms with van der Waals surface area (Å²) in [5.41, 5.74) is 0. The Morgan fingerprint density at radius 2 is 1.89 bits per heavy atom. The second kappa shape index (κ2) is 7.12. The molecule has 0 heterocycles. The molecular formula is C13H21F3O2. The SMILES string of the molecule is CCOC(C(=O)CCC(F)(F)F)C1CCCCC1. The van der Waals surface area contributed by atoms with Crippen LogP contribution in [0, 0.1) is 5.92 Å². The minimum absolute atomic E-state index is 0.111. The molecule has 1 atom stereocenters. The number of carbonyl (C=O) groups is 1. The molecule has 18 heavy (non-hydrogen) atoms.